The third-order valence-electron chi connectivity index (χ3n) is 7.40. The average Bonchev–Trinajstić information content (AvgIpc) is 3.49. The van der Waals surface area contributed by atoms with Gasteiger partial charge in [0.2, 0.25) is 17.6 Å². The molecule has 1 atom stereocenters. The summed E-state index contributed by atoms with van der Waals surface area (Å²) < 4.78 is 0. The van der Waals surface area contributed by atoms with Gasteiger partial charge < -0.3 is 10.2 Å². The largest absolute Gasteiger partial charge is 0.354 e. The third kappa shape index (κ3) is 7.22. The number of hydrogen-bond donors (Lipinski definition) is 3. The molecule has 1 saturated carbocycles. The molecule has 8 nitrogen and oxygen atoms in total. The van der Waals surface area contributed by atoms with Gasteiger partial charge in [0.1, 0.15) is 0 Å². The standard InChI is InChI=1S/C29H38N6O2S/c1-2-8-27(36)35(18-17-30-29(37)26(20-38)22-9-4-3-5-10-22)19-21-13-15-23(16-14-21)24-11-6-7-12-25(24)28-31-33-34-32-28/h6-7,11-16,22,26,38H,2-5,8-10,17-20H2,1H3,(H,30,37)(H,31,32,33,34). The number of thiol groups is 1. The van der Waals surface area contributed by atoms with Crippen molar-refractivity contribution in [2.45, 2.75) is 58.4 Å². The molecule has 0 spiro atoms. The van der Waals surface area contributed by atoms with Gasteiger partial charge in [0.05, 0.1) is 0 Å². The van der Waals surface area contributed by atoms with Crippen LogP contribution in [-0.2, 0) is 16.1 Å². The molecule has 2 aromatic carbocycles. The number of carbonyl (C=O) groups is 2. The quantitative estimate of drug-likeness (QED) is 0.287. The summed E-state index contributed by atoms with van der Waals surface area (Å²) in [6.45, 7) is 3.44. The Morgan fingerprint density at radius 2 is 1.82 bits per heavy atom. The Hall–Kier alpha value is -3.20. The third-order valence-corrected chi connectivity index (χ3v) is 7.79. The van der Waals surface area contributed by atoms with Gasteiger partial charge in [0.15, 0.2) is 0 Å². The Bertz CT molecular complexity index is 1160. The van der Waals surface area contributed by atoms with E-state index in [0.717, 1.165) is 41.5 Å². The van der Waals surface area contributed by atoms with Crippen LogP contribution in [0.4, 0.5) is 0 Å². The smallest absolute Gasteiger partial charge is 0.224 e. The zero-order valence-corrected chi connectivity index (χ0v) is 23.0. The van der Waals surface area contributed by atoms with E-state index in [1.165, 1.54) is 19.3 Å². The molecule has 0 radical (unpaired) electrons. The highest BCUT2D eigenvalue weighted by molar-refractivity contribution is 7.80. The molecule has 0 saturated heterocycles. The molecule has 0 aliphatic heterocycles. The number of benzene rings is 2. The number of carbonyl (C=O) groups excluding carboxylic acids is 2. The van der Waals surface area contributed by atoms with Gasteiger partial charge in [0, 0.05) is 43.3 Å². The molecule has 1 aliphatic rings. The second-order valence-electron chi connectivity index (χ2n) is 10.0. The van der Waals surface area contributed by atoms with Crippen LogP contribution in [0.5, 0.6) is 0 Å². The zero-order chi connectivity index (χ0) is 26.7. The Kier molecular flexibility index (Phi) is 10.3. The number of aromatic nitrogens is 4. The summed E-state index contributed by atoms with van der Waals surface area (Å²) in [7, 11) is 0. The summed E-state index contributed by atoms with van der Waals surface area (Å²) in [6.07, 6.45) is 7.15. The Morgan fingerprint density at radius 1 is 1.08 bits per heavy atom. The van der Waals surface area contributed by atoms with Gasteiger partial charge in [-0.25, -0.2) is 0 Å². The molecule has 4 rings (SSSR count). The van der Waals surface area contributed by atoms with Crippen molar-refractivity contribution in [3.63, 3.8) is 0 Å². The van der Waals surface area contributed by atoms with Crippen LogP contribution in [-0.4, -0.2) is 56.2 Å². The molecule has 1 aromatic heterocycles. The van der Waals surface area contributed by atoms with E-state index in [-0.39, 0.29) is 17.7 Å². The molecule has 38 heavy (non-hydrogen) atoms. The van der Waals surface area contributed by atoms with Crippen LogP contribution in [0, 0.1) is 11.8 Å². The van der Waals surface area contributed by atoms with Crippen LogP contribution in [0.25, 0.3) is 22.5 Å². The van der Waals surface area contributed by atoms with E-state index in [1.54, 1.807) is 0 Å². The number of rotatable bonds is 12. The molecule has 0 bridgehead atoms. The van der Waals surface area contributed by atoms with Crippen molar-refractivity contribution in [3.8, 4) is 22.5 Å². The lowest BCUT2D eigenvalue weighted by molar-refractivity contribution is -0.132. The fraction of sp³-hybridized carbons (Fsp3) is 0.483. The van der Waals surface area contributed by atoms with Crippen LogP contribution in [0.1, 0.15) is 57.4 Å². The number of nitrogens with one attached hydrogen (secondary N) is 2. The normalized spacial score (nSPS) is 14.7. The SMILES string of the molecule is CCCC(=O)N(CCNC(=O)C(CS)C1CCCCC1)Cc1ccc(-c2ccccc2-c2nn[nH]n2)cc1. The van der Waals surface area contributed by atoms with Crippen LogP contribution >= 0.6 is 12.6 Å². The first-order chi connectivity index (χ1) is 18.6. The molecule has 2 amide bonds. The van der Waals surface area contributed by atoms with E-state index in [1.807, 2.05) is 48.2 Å². The predicted molar refractivity (Wildman–Crippen MR) is 152 cm³/mol. The number of hydrogen-bond acceptors (Lipinski definition) is 6. The van der Waals surface area contributed by atoms with E-state index >= 15 is 0 Å². The summed E-state index contributed by atoms with van der Waals surface area (Å²) in [5.41, 5.74) is 3.99. The van der Waals surface area contributed by atoms with Gasteiger partial charge >= 0.3 is 0 Å². The minimum Gasteiger partial charge on any atom is -0.354 e. The first-order valence-electron chi connectivity index (χ1n) is 13.7. The molecule has 202 valence electrons. The van der Waals surface area contributed by atoms with Crippen molar-refractivity contribution in [2.75, 3.05) is 18.8 Å². The highest BCUT2D eigenvalue weighted by Crippen LogP contribution is 2.31. The van der Waals surface area contributed by atoms with Gasteiger partial charge in [0.25, 0.3) is 0 Å². The van der Waals surface area contributed by atoms with Crippen LogP contribution < -0.4 is 5.32 Å². The monoisotopic (exact) mass is 534 g/mol. The number of amides is 2. The second kappa shape index (κ2) is 14.1. The molecule has 1 heterocycles. The molecule has 1 unspecified atom stereocenters. The minimum atomic E-state index is -0.0544. The first-order valence-corrected chi connectivity index (χ1v) is 14.3. The molecular weight excluding hydrogens is 496 g/mol. The van der Waals surface area contributed by atoms with Crippen molar-refractivity contribution < 1.29 is 9.59 Å². The van der Waals surface area contributed by atoms with Crippen LogP contribution in [0.3, 0.4) is 0 Å². The van der Waals surface area contributed by atoms with Crippen molar-refractivity contribution in [1.29, 1.82) is 0 Å². The van der Waals surface area contributed by atoms with E-state index in [0.29, 0.717) is 43.6 Å². The van der Waals surface area contributed by atoms with Gasteiger partial charge in [-0.1, -0.05) is 74.7 Å². The van der Waals surface area contributed by atoms with E-state index in [9.17, 15) is 9.59 Å². The molecule has 1 aliphatic carbocycles. The molecule has 1 fully saturated rings. The zero-order valence-electron chi connectivity index (χ0n) is 22.1. The summed E-state index contributed by atoms with van der Waals surface area (Å²) in [5.74, 6) is 1.65. The average molecular weight is 535 g/mol. The number of H-pyrrole nitrogens is 1. The maximum absolute atomic E-state index is 12.9. The van der Waals surface area contributed by atoms with E-state index in [2.05, 4.69) is 50.7 Å². The molecular formula is C29H38N6O2S. The van der Waals surface area contributed by atoms with Gasteiger partial charge in [-0.3, -0.25) is 9.59 Å². The number of nitrogens with zero attached hydrogens (tertiary/aromatic N) is 4. The summed E-state index contributed by atoms with van der Waals surface area (Å²) in [5, 5.41) is 17.5. The summed E-state index contributed by atoms with van der Waals surface area (Å²) in [6, 6.07) is 16.2. The Balaban J connectivity index is 1.39. The van der Waals surface area contributed by atoms with E-state index < -0.39 is 0 Å². The topological polar surface area (TPSA) is 104 Å². The lowest BCUT2D eigenvalue weighted by Gasteiger charge is -2.29. The Labute approximate surface area is 230 Å². The van der Waals surface area contributed by atoms with Gasteiger partial charge in [-0.15, -0.1) is 10.2 Å². The van der Waals surface area contributed by atoms with Crippen LogP contribution in [0.2, 0.25) is 0 Å². The lowest BCUT2D eigenvalue weighted by atomic mass is 9.80. The summed E-state index contributed by atoms with van der Waals surface area (Å²) >= 11 is 4.48. The fourth-order valence-electron chi connectivity index (χ4n) is 5.31. The Morgan fingerprint density at radius 3 is 2.47 bits per heavy atom. The maximum Gasteiger partial charge on any atom is 0.224 e. The van der Waals surface area contributed by atoms with E-state index in [4.69, 9.17) is 0 Å². The maximum atomic E-state index is 12.9. The van der Waals surface area contributed by atoms with Gasteiger partial charge in [-0.05, 0) is 47.1 Å². The van der Waals surface area contributed by atoms with Crippen molar-refractivity contribution in [2.24, 2.45) is 11.8 Å². The molecule has 3 aromatic rings. The fourth-order valence-corrected chi connectivity index (χ4v) is 5.77. The number of tetrazole rings is 1. The highest BCUT2D eigenvalue weighted by atomic mass is 32.1. The molecule has 2 N–H and O–H groups in total. The minimum absolute atomic E-state index is 0.0544. The lowest BCUT2D eigenvalue weighted by Crippen LogP contribution is -2.42. The number of aromatic amines is 1. The highest BCUT2D eigenvalue weighted by Gasteiger charge is 2.28. The van der Waals surface area contributed by atoms with Gasteiger partial charge in [-0.2, -0.15) is 17.8 Å². The van der Waals surface area contributed by atoms with Crippen LogP contribution in [0.15, 0.2) is 48.5 Å². The molecule has 9 heteroatoms. The summed E-state index contributed by atoms with van der Waals surface area (Å²) in [4.78, 5) is 27.7. The predicted octanol–water partition coefficient (Wildman–Crippen LogP) is 4.90. The van der Waals surface area contributed by atoms with Crippen molar-refractivity contribution in [3.05, 3.63) is 54.1 Å². The van der Waals surface area contributed by atoms with Crippen molar-refractivity contribution in [1.82, 2.24) is 30.8 Å². The second-order valence-corrected chi connectivity index (χ2v) is 10.4. The van der Waals surface area contributed by atoms with Crippen molar-refractivity contribution >= 4 is 24.4 Å². The first kappa shape index (κ1) is 27.8.